The van der Waals surface area contributed by atoms with Crippen LogP contribution in [0.25, 0.3) is 11.0 Å². The number of thiophene rings is 1. The van der Waals surface area contributed by atoms with Gasteiger partial charge in [0.15, 0.2) is 0 Å². The van der Waals surface area contributed by atoms with Crippen molar-refractivity contribution < 1.29 is 24.3 Å². The van der Waals surface area contributed by atoms with Crippen molar-refractivity contribution in [2.45, 2.75) is 31.7 Å². The van der Waals surface area contributed by atoms with Crippen LogP contribution in [-0.2, 0) is 17.6 Å². The lowest BCUT2D eigenvalue weighted by Gasteiger charge is -2.17. The molecule has 39 heavy (non-hydrogen) atoms. The summed E-state index contributed by atoms with van der Waals surface area (Å²) in [4.78, 5) is 73.6. The quantitative estimate of drug-likeness (QED) is 0.186. The molecule has 6 N–H and O–H groups in total. The maximum Gasteiger partial charge on any atom is 0.326 e. The van der Waals surface area contributed by atoms with E-state index in [1.54, 1.807) is 42.6 Å². The number of aliphatic carboxylic acids is 1. The Kier molecular flexibility index (Phi) is 6.98. The van der Waals surface area contributed by atoms with Crippen LogP contribution in [0.15, 0.2) is 47.4 Å². The third kappa shape index (κ3) is 5.16. The summed E-state index contributed by atoms with van der Waals surface area (Å²) < 4.78 is 0. The highest BCUT2D eigenvalue weighted by molar-refractivity contribution is 7.14. The number of nitrogens with zero attached hydrogens (tertiary/aromatic N) is 2. The van der Waals surface area contributed by atoms with E-state index in [1.807, 2.05) is 0 Å². The number of fused-ring (bicyclic) bond motifs is 2. The molecule has 0 saturated carbocycles. The normalized spacial score (nSPS) is 13.6. The van der Waals surface area contributed by atoms with Crippen LogP contribution in [0.3, 0.4) is 0 Å². The van der Waals surface area contributed by atoms with Gasteiger partial charge in [0.25, 0.3) is 23.3 Å². The number of carboxylic acids is 1. The average Bonchev–Trinajstić information content (AvgIpc) is 3.60. The van der Waals surface area contributed by atoms with Gasteiger partial charge in [0, 0.05) is 17.6 Å². The van der Waals surface area contributed by atoms with Gasteiger partial charge in [-0.25, -0.2) is 4.79 Å². The Labute approximate surface area is 224 Å². The second-order valence-electron chi connectivity index (χ2n) is 9.07. The lowest BCUT2D eigenvalue weighted by atomic mass is 10.1. The first-order chi connectivity index (χ1) is 18.7. The molecule has 1 unspecified atom stereocenters. The Hall–Kier alpha value is -4.78. The number of amides is 3. The SMILES string of the molecule is Nc1nc2[nH]cc(CCc3ccc(C(=O)NC(CCCN4C(=O)c5ccccc5C4=O)C(=O)O)s3)c2c(=O)[nH]1. The third-order valence-corrected chi connectivity index (χ3v) is 7.67. The molecular formula is C26H24N6O6S. The van der Waals surface area contributed by atoms with E-state index in [4.69, 9.17) is 5.73 Å². The molecular weight excluding hydrogens is 524 g/mol. The summed E-state index contributed by atoms with van der Waals surface area (Å²) >= 11 is 1.23. The van der Waals surface area contributed by atoms with E-state index >= 15 is 0 Å². The van der Waals surface area contributed by atoms with Gasteiger partial charge in [-0.1, -0.05) is 12.1 Å². The highest BCUT2D eigenvalue weighted by Crippen LogP contribution is 2.24. The number of aromatic amines is 2. The topological polar surface area (TPSA) is 191 Å². The van der Waals surface area contributed by atoms with Gasteiger partial charge < -0.3 is 21.1 Å². The van der Waals surface area contributed by atoms with Crippen molar-refractivity contribution in [2.24, 2.45) is 0 Å². The monoisotopic (exact) mass is 548 g/mol. The number of aryl methyl sites for hydroxylation is 2. The molecule has 0 spiro atoms. The van der Waals surface area contributed by atoms with Crippen molar-refractivity contribution in [2.75, 3.05) is 12.3 Å². The summed E-state index contributed by atoms with van der Waals surface area (Å²) in [6.07, 6.45) is 3.03. The molecule has 200 valence electrons. The maximum absolute atomic E-state index is 12.8. The van der Waals surface area contributed by atoms with Gasteiger partial charge in [-0.15, -0.1) is 11.3 Å². The van der Waals surface area contributed by atoms with E-state index in [0.717, 1.165) is 15.3 Å². The standard InChI is InChI=1S/C26H24N6O6S/c27-26-30-20-19(22(34)31-26)13(12-28-20)7-8-14-9-10-18(39-14)21(33)29-17(25(37)38)6-3-11-32-23(35)15-4-1-2-5-16(15)24(32)36/h1-2,4-5,9-10,12,17H,3,6-8,11H2,(H,29,33)(H,37,38)(H4,27,28,30,31,34). The number of hydrogen-bond acceptors (Lipinski definition) is 8. The highest BCUT2D eigenvalue weighted by Gasteiger charge is 2.35. The summed E-state index contributed by atoms with van der Waals surface area (Å²) in [5, 5.41) is 12.6. The maximum atomic E-state index is 12.8. The largest absolute Gasteiger partial charge is 0.480 e. The van der Waals surface area contributed by atoms with Crippen molar-refractivity contribution in [3.8, 4) is 0 Å². The number of aromatic nitrogens is 3. The lowest BCUT2D eigenvalue weighted by molar-refractivity contribution is -0.139. The van der Waals surface area contributed by atoms with Gasteiger partial charge in [0.2, 0.25) is 5.95 Å². The Morgan fingerprint density at radius 3 is 2.49 bits per heavy atom. The number of nitrogens with two attached hydrogens (primary N) is 1. The third-order valence-electron chi connectivity index (χ3n) is 6.52. The Morgan fingerprint density at radius 2 is 1.79 bits per heavy atom. The molecule has 3 amide bonds. The fourth-order valence-electron chi connectivity index (χ4n) is 4.59. The first-order valence-corrected chi connectivity index (χ1v) is 13.0. The van der Waals surface area contributed by atoms with E-state index in [-0.39, 0.29) is 30.9 Å². The fourth-order valence-corrected chi connectivity index (χ4v) is 5.50. The van der Waals surface area contributed by atoms with Gasteiger partial charge in [0.1, 0.15) is 11.7 Å². The van der Waals surface area contributed by atoms with E-state index < -0.39 is 29.7 Å². The summed E-state index contributed by atoms with van der Waals surface area (Å²) in [7, 11) is 0. The minimum Gasteiger partial charge on any atom is -0.480 e. The van der Waals surface area contributed by atoms with Gasteiger partial charge in [-0.2, -0.15) is 4.98 Å². The number of benzene rings is 1. The Bertz CT molecular complexity index is 1640. The predicted molar refractivity (Wildman–Crippen MR) is 143 cm³/mol. The number of hydrogen-bond donors (Lipinski definition) is 5. The molecule has 1 atom stereocenters. The van der Waals surface area contributed by atoms with Crippen LogP contribution in [0.5, 0.6) is 0 Å². The highest BCUT2D eigenvalue weighted by atomic mass is 32.1. The van der Waals surface area contributed by atoms with Crippen LogP contribution < -0.4 is 16.6 Å². The molecule has 1 aliphatic rings. The summed E-state index contributed by atoms with van der Waals surface area (Å²) in [5.74, 6) is -2.52. The summed E-state index contributed by atoms with van der Waals surface area (Å²) in [6, 6.07) is 8.74. The van der Waals surface area contributed by atoms with Crippen LogP contribution >= 0.6 is 11.3 Å². The van der Waals surface area contributed by atoms with E-state index in [2.05, 4.69) is 20.3 Å². The fraction of sp³-hybridized carbons (Fsp3) is 0.231. The predicted octanol–water partition coefficient (Wildman–Crippen LogP) is 1.94. The van der Waals surface area contributed by atoms with Crippen molar-refractivity contribution in [1.82, 2.24) is 25.2 Å². The van der Waals surface area contributed by atoms with Crippen LogP contribution in [-0.4, -0.2) is 61.2 Å². The molecule has 0 aliphatic carbocycles. The molecule has 0 fully saturated rings. The number of imide groups is 1. The molecule has 5 rings (SSSR count). The molecule has 0 saturated heterocycles. The van der Waals surface area contributed by atoms with Crippen molar-refractivity contribution in [1.29, 1.82) is 0 Å². The molecule has 12 nitrogen and oxygen atoms in total. The zero-order valence-corrected chi connectivity index (χ0v) is 21.3. The zero-order valence-electron chi connectivity index (χ0n) is 20.5. The molecule has 3 aromatic heterocycles. The van der Waals surface area contributed by atoms with Gasteiger partial charge in [-0.05, 0) is 55.5 Å². The lowest BCUT2D eigenvalue weighted by Crippen LogP contribution is -2.41. The first-order valence-electron chi connectivity index (χ1n) is 12.2. The first kappa shape index (κ1) is 25.9. The van der Waals surface area contributed by atoms with Crippen molar-refractivity contribution >= 4 is 52.0 Å². The number of rotatable bonds is 10. The Balaban J connectivity index is 1.16. The van der Waals surface area contributed by atoms with Crippen LogP contribution in [0, 0.1) is 0 Å². The number of carbonyl (C=O) groups is 4. The number of H-pyrrole nitrogens is 2. The number of carbonyl (C=O) groups excluding carboxylic acids is 3. The number of nitrogens with one attached hydrogen (secondary N) is 3. The van der Waals surface area contributed by atoms with Gasteiger partial charge in [0.05, 0.1) is 21.4 Å². The number of anilines is 1. The number of nitrogen functional groups attached to an aromatic ring is 1. The average molecular weight is 549 g/mol. The van der Waals surface area contributed by atoms with Gasteiger partial charge in [-0.3, -0.25) is 29.1 Å². The van der Waals surface area contributed by atoms with Crippen LogP contribution in [0.2, 0.25) is 0 Å². The van der Waals surface area contributed by atoms with Crippen LogP contribution in [0.4, 0.5) is 5.95 Å². The number of carboxylic acid groups (broad SMARTS) is 1. The smallest absolute Gasteiger partial charge is 0.326 e. The zero-order chi connectivity index (χ0) is 27.7. The molecule has 0 radical (unpaired) electrons. The molecule has 1 aliphatic heterocycles. The molecule has 4 aromatic rings. The summed E-state index contributed by atoms with van der Waals surface area (Å²) in [5.41, 5.74) is 7.08. The molecule has 0 bridgehead atoms. The van der Waals surface area contributed by atoms with E-state index in [0.29, 0.717) is 39.9 Å². The van der Waals surface area contributed by atoms with E-state index in [1.165, 1.54) is 11.3 Å². The molecule has 4 heterocycles. The van der Waals surface area contributed by atoms with Crippen molar-refractivity contribution in [3.63, 3.8) is 0 Å². The van der Waals surface area contributed by atoms with E-state index in [9.17, 15) is 29.1 Å². The Morgan fingerprint density at radius 1 is 1.08 bits per heavy atom. The van der Waals surface area contributed by atoms with Crippen LogP contribution in [0.1, 0.15) is 53.7 Å². The van der Waals surface area contributed by atoms with Gasteiger partial charge >= 0.3 is 5.97 Å². The molecule has 13 heteroatoms. The molecule has 1 aromatic carbocycles. The minimum atomic E-state index is -1.21. The minimum absolute atomic E-state index is 0.0260. The second-order valence-corrected chi connectivity index (χ2v) is 10.2. The summed E-state index contributed by atoms with van der Waals surface area (Å²) in [6.45, 7) is 0.0495. The second kappa shape index (κ2) is 10.5. The van der Waals surface area contributed by atoms with Crippen molar-refractivity contribution in [3.05, 3.63) is 79.4 Å².